The predicted octanol–water partition coefficient (Wildman–Crippen LogP) is 2.56. The average molecular weight is 408 g/mol. The maximum atomic E-state index is 13.0. The fraction of sp³-hybridized carbons (Fsp3) is 0.0556. The summed E-state index contributed by atoms with van der Waals surface area (Å²) < 4.78 is 0.958. The fourth-order valence-corrected chi connectivity index (χ4v) is 3.35. The maximum Gasteiger partial charge on any atom is 0.289 e. The number of pyridine rings is 1. The molecule has 0 aliphatic carbocycles. The van der Waals surface area contributed by atoms with E-state index in [2.05, 4.69) is 10.4 Å². The minimum absolute atomic E-state index is 0.0334. The highest BCUT2D eigenvalue weighted by Crippen LogP contribution is 2.34. The minimum atomic E-state index is -0.719. The van der Waals surface area contributed by atoms with E-state index in [4.69, 9.17) is 17.3 Å². The van der Waals surface area contributed by atoms with Crippen LogP contribution >= 0.6 is 23.4 Å². The number of aromatic nitrogens is 1. The normalized spacial score (nSPS) is 12.6. The molecule has 1 aromatic heterocycles. The molecule has 3 rings (SSSR count). The molecule has 1 aliphatic rings. The Morgan fingerprint density at radius 2 is 1.79 bits per heavy atom. The van der Waals surface area contributed by atoms with Gasteiger partial charge in [-0.2, -0.15) is 20.5 Å². The zero-order valence-corrected chi connectivity index (χ0v) is 15.9. The number of aliphatic imine (C=N–C) groups is 1. The highest BCUT2D eigenvalue weighted by Gasteiger charge is 2.27. The molecule has 0 saturated carbocycles. The second-order valence-corrected chi connectivity index (χ2v) is 6.70. The topological polar surface area (TPSA) is 144 Å². The maximum absolute atomic E-state index is 13.0. The number of fused-ring (bicyclic) bond motifs is 1. The predicted molar refractivity (Wildman–Crippen MR) is 107 cm³/mol. The highest BCUT2D eigenvalue weighted by molar-refractivity contribution is 8.02. The van der Waals surface area contributed by atoms with E-state index in [1.54, 1.807) is 30.5 Å². The molecule has 136 valence electrons. The summed E-state index contributed by atoms with van der Waals surface area (Å²) in [4.78, 5) is 17.2. The molecule has 0 saturated heterocycles. The third kappa shape index (κ3) is 2.97. The van der Waals surface area contributed by atoms with E-state index in [-0.39, 0.29) is 38.9 Å². The number of hydrogen-bond acceptors (Lipinski definition) is 8. The van der Waals surface area contributed by atoms with Gasteiger partial charge in [0.25, 0.3) is 5.56 Å². The van der Waals surface area contributed by atoms with Crippen molar-refractivity contribution in [2.24, 2.45) is 10.7 Å². The molecule has 10 heteroatoms. The number of benzene rings is 1. The van der Waals surface area contributed by atoms with Gasteiger partial charge < -0.3 is 5.73 Å². The number of nitriles is 3. The SMILES string of the molecule is CSC1=C(C#N)C(N)=Nc2c(C#N)c(-c3ccc(Cl)cc3)c(C#N)c(=O)n2N1. The summed E-state index contributed by atoms with van der Waals surface area (Å²) in [5.74, 6) is -0.237. The Labute approximate surface area is 168 Å². The van der Waals surface area contributed by atoms with Gasteiger partial charge in [-0.1, -0.05) is 23.7 Å². The molecule has 0 unspecified atom stereocenters. The number of nitrogens with one attached hydrogen (secondary N) is 1. The van der Waals surface area contributed by atoms with Crippen LogP contribution in [0.25, 0.3) is 11.1 Å². The van der Waals surface area contributed by atoms with E-state index in [1.807, 2.05) is 18.2 Å². The van der Waals surface area contributed by atoms with Crippen molar-refractivity contribution >= 4 is 35.0 Å². The second kappa shape index (κ2) is 7.50. The third-order valence-corrected chi connectivity index (χ3v) is 4.90. The van der Waals surface area contributed by atoms with Crippen LogP contribution in [0.5, 0.6) is 0 Å². The smallest absolute Gasteiger partial charge is 0.289 e. The second-order valence-electron chi connectivity index (χ2n) is 5.45. The van der Waals surface area contributed by atoms with Crippen molar-refractivity contribution in [3.8, 4) is 29.3 Å². The van der Waals surface area contributed by atoms with Crippen LogP contribution in [0.4, 0.5) is 5.82 Å². The lowest BCUT2D eigenvalue weighted by atomic mass is 9.96. The van der Waals surface area contributed by atoms with Crippen LogP contribution in [0.1, 0.15) is 11.1 Å². The van der Waals surface area contributed by atoms with Crippen LogP contribution < -0.4 is 16.7 Å². The lowest BCUT2D eigenvalue weighted by Gasteiger charge is -2.16. The Bertz CT molecular complexity index is 1240. The summed E-state index contributed by atoms with van der Waals surface area (Å²) >= 11 is 7.06. The summed E-state index contributed by atoms with van der Waals surface area (Å²) in [6.45, 7) is 0. The molecular weight excluding hydrogens is 398 g/mol. The van der Waals surface area contributed by atoms with Crippen molar-refractivity contribution < 1.29 is 0 Å². The van der Waals surface area contributed by atoms with Crippen molar-refractivity contribution in [2.75, 3.05) is 11.7 Å². The standard InChI is InChI=1S/C18H10ClN7OS/c1-28-17-13(8-22)15(23)24-16-11(6-20)14(9-2-4-10(19)5-3-9)12(7-21)18(27)26(16)25-17/h2-5,25H,1H3,(H2,23,24). The first-order valence-electron chi connectivity index (χ1n) is 7.65. The average Bonchev–Trinajstić information content (AvgIpc) is 2.84. The molecule has 0 radical (unpaired) electrons. The number of hydrogen-bond donors (Lipinski definition) is 2. The van der Waals surface area contributed by atoms with Crippen LogP contribution in [0.15, 0.2) is 44.7 Å². The summed E-state index contributed by atoms with van der Waals surface area (Å²) in [5, 5.41) is 29.5. The van der Waals surface area contributed by atoms with Crippen molar-refractivity contribution in [2.45, 2.75) is 0 Å². The van der Waals surface area contributed by atoms with Crippen LogP contribution in [0, 0.1) is 34.0 Å². The van der Waals surface area contributed by atoms with E-state index < -0.39 is 5.56 Å². The molecule has 1 aliphatic heterocycles. The number of amidine groups is 1. The molecule has 0 atom stereocenters. The van der Waals surface area contributed by atoms with Crippen molar-refractivity contribution in [1.82, 2.24) is 4.68 Å². The first kappa shape index (κ1) is 19.1. The highest BCUT2D eigenvalue weighted by atomic mass is 35.5. The number of thioether (sulfide) groups is 1. The van der Waals surface area contributed by atoms with Crippen LogP contribution in [0.2, 0.25) is 5.02 Å². The van der Waals surface area contributed by atoms with Gasteiger partial charge in [0.05, 0.1) is 0 Å². The molecule has 0 amide bonds. The molecule has 2 aromatic rings. The van der Waals surface area contributed by atoms with E-state index in [1.165, 1.54) is 0 Å². The molecule has 1 aromatic carbocycles. The van der Waals surface area contributed by atoms with Gasteiger partial charge in [0.15, 0.2) is 5.82 Å². The monoisotopic (exact) mass is 407 g/mol. The lowest BCUT2D eigenvalue weighted by Crippen LogP contribution is -2.31. The van der Waals surface area contributed by atoms with E-state index in [0.717, 1.165) is 16.4 Å². The van der Waals surface area contributed by atoms with Gasteiger partial charge in [0.2, 0.25) is 0 Å². The van der Waals surface area contributed by atoms with Crippen LogP contribution in [-0.4, -0.2) is 16.8 Å². The number of nitrogens with zero attached hydrogens (tertiary/aromatic N) is 5. The van der Waals surface area contributed by atoms with Crippen molar-refractivity contribution in [1.29, 1.82) is 15.8 Å². The van der Waals surface area contributed by atoms with Gasteiger partial charge in [-0.05, 0) is 24.0 Å². The van der Waals surface area contributed by atoms with Crippen LogP contribution in [-0.2, 0) is 0 Å². The summed E-state index contributed by atoms with van der Waals surface area (Å²) in [7, 11) is 0. The summed E-state index contributed by atoms with van der Waals surface area (Å²) in [5.41, 5.74) is 8.30. The Balaban J connectivity index is 2.47. The number of rotatable bonds is 2. The Morgan fingerprint density at radius 1 is 1.14 bits per heavy atom. The molecule has 3 N–H and O–H groups in total. The Morgan fingerprint density at radius 3 is 2.32 bits per heavy atom. The quantitative estimate of drug-likeness (QED) is 0.778. The van der Waals surface area contributed by atoms with Gasteiger partial charge in [0.1, 0.15) is 45.8 Å². The van der Waals surface area contributed by atoms with Gasteiger partial charge >= 0.3 is 0 Å². The van der Waals surface area contributed by atoms with E-state index in [0.29, 0.717) is 10.6 Å². The molecule has 8 nitrogen and oxygen atoms in total. The number of nitrogens with two attached hydrogens (primary N) is 1. The first-order valence-corrected chi connectivity index (χ1v) is 9.26. The Kier molecular flexibility index (Phi) is 5.10. The van der Waals surface area contributed by atoms with Gasteiger partial charge in [-0.25, -0.2) is 4.99 Å². The van der Waals surface area contributed by atoms with Crippen LogP contribution in [0.3, 0.4) is 0 Å². The summed E-state index contributed by atoms with van der Waals surface area (Å²) in [6.07, 6.45) is 1.68. The largest absolute Gasteiger partial charge is 0.382 e. The van der Waals surface area contributed by atoms with E-state index in [9.17, 15) is 20.6 Å². The third-order valence-electron chi connectivity index (χ3n) is 3.95. The number of halogens is 1. The van der Waals surface area contributed by atoms with Gasteiger partial charge in [-0.3, -0.25) is 10.2 Å². The lowest BCUT2D eigenvalue weighted by molar-refractivity contribution is 0.886. The van der Waals surface area contributed by atoms with Gasteiger partial charge in [-0.15, -0.1) is 11.8 Å². The molecule has 2 heterocycles. The minimum Gasteiger partial charge on any atom is -0.382 e. The summed E-state index contributed by atoms with van der Waals surface area (Å²) in [6, 6.07) is 12.2. The molecule has 0 spiro atoms. The first-order chi connectivity index (χ1) is 13.5. The van der Waals surface area contributed by atoms with Crippen molar-refractivity contribution in [3.63, 3.8) is 0 Å². The molecule has 0 bridgehead atoms. The molecular formula is C18H10ClN7OS. The zero-order valence-electron chi connectivity index (χ0n) is 14.3. The van der Waals surface area contributed by atoms with Gasteiger partial charge in [0, 0.05) is 10.6 Å². The van der Waals surface area contributed by atoms with E-state index >= 15 is 0 Å². The Hall–Kier alpha value is -3.71. The zero-order chi connectivity index (χ0) is 20.4. The molecule has 0 fully saturated rings. The fourth-order valence-electron chi connectivity index (χ4n) is 2.69. The van der Waals surface area contributed by atoms with Crippen molar-refractivity contribution in [3.05, 3.63) is 61.4 Å². The molecule has 28 heavy (non-hydrogen) atoms.